The molecule has 5 heteroatoms. The van der Waals surface area contributed by atoms with Crippen molar-refractivity contribution in [3.05, 3.63) is 59.7 Å². The van der Waals surface area contributed by atoms with E-state index in [1.165, 1.54) is 16.3 Å². The van der Waals surface area contributed by atoms with Crippen molar-refractivity contribution in [2.45, 2.75) is 32.9 Å². The lowest BCUT2D eigenvalue weighted by Crippen LogP contribution is -2.46. The van der Waals surface area contributed by atoms with E-state index >= 15 is 0 Å². The molecule has 1 aliphatic rings. The molecule has 1 aliphatic heterocycles. The molecule has 2 aromatic carbocycles. The average Bonchev–Trinajstić information content (AvgIpc) is 3.18. The van der Waals surface area contributed by atoms with Gasteiger partial charge in [0.05, 0.1) is 6.04 Å². The van der Waals surface area contributed by atoms with E-state index < -0.39 is 0 Å². The van der Waals surface area contributed by atoms with Gasteiger partial charge in [0.15, 0.2) is 5.82 Å². The van der Waals surface area contributed by atoms with Crippen LogP contribution in [0, 0.1) is 0 Å². The highest BCUT2D eigenvalue weighted by Crippen LogP contribution is 2.23. The van der Waals surface area contributed by atoms with Gasteiger partial charge in [0.1, 0.15) is 0 Å². The summed E-state index contributed by atoms with van der Waals surface area (Å²) in [6, 6.07) is 15.4. The van der Waals surface area contributed by atoms with Crippen LogP contribution in [0.2, 0.25) is 0 Å². The molecular weight excluding hydrogens is 324 g/mol. The first-order valence-corrected chi connectivity index (χ1v) is 9.50. The first-order valence-electron chi connectivity index (χ1n) is 9.50. The molecule has 1 atom stereocenters. The zero-order valence-corrected chi connectivity index (χ0v) is 15.6. The van der Waals surface area contributed by atoms with Crippen LogP contribution in [-0.2, 0) is 13.0 Å². The predicted molar refractivity (Wildman–Crippen MR) is 103 cm³/mol. The van der Waals surface area contributed by atoms with Crippen molar-refractivity contribution >= 4 is 10.8 Å². The lowest BCUT2D eigenvalue weighted by atomic mass is 10.0. The maximum atomic E-state index is 5.42. The van der Waals surface area contributed by atoms with E-state index in [9.17, 15) is 0 Å². The van der Waals surface area contributed by atoms with Crippen molar-refractivity contribution in [3.63, 3.8) is 0 Å². The van der Waals surface area contributed by atoms with E-state index in [-0.39, 0.29) is 6.04 Å². The van der Waals surface area contributed by atoms with Gasteiger partial charge in [-0.1, -0.05) is 54.5 Å². The second-order valence-corrected chi connectivity index (χ2v) is 7.03. The Morgan fingerprint density at radius 3 is 2.58 bits per heavy atom. The van der Waals surface area contributed by atoms with Crippen LogP contribution < -0.4 is 0 Å². The molecule has 1 unspecified atom stereocenters. The molecular formula is C21H26N4O. The lowest BCUT2D eigenvalue weighted by Gasteiger charge is -2.37. The van der Waals surface area contributed by atoms with E-state index in [4.69, 9.17) is 4.52 Å². The number of aromatic nitrogens is 2. The monoisotopic (exact) mass is 350 g/mol. The summed E-state index contributed by atoms with van der Waals surface area (Å²) in [4.78, 5) is 9.47. The number of benzene rings is 2. The zero-order chi connectivity index (χ0) is 17.9. The van der Waals surface area contributed by atoms with E-state index in [1.54, 1.807) is 0 Å². The van der Waals surface area contributed by atoms with E-state index in [0.29, 0.717) is 0 Å². The zero-order valence-electron chi connectivity index (χ0n) is 15.6. The Kier molecular flexibility index (Phi) is 5.00. The number of aryl methyl sites for hydroxylation is 1. The molecule has 5 nitrogen and oxygen atoms in total. The molecule has 136 valence electrons. The quantitative estimate of drug-likeness (QED) is 0.703. The molecule has 26 heavy (non-hydrogen) atoms. The van der Waals surface area contributed by atoms with Crippen LogP contribution in [0.25, 0.3) is 10.8 Å². The Morgan fingerprint density at radius 2 is 1.81 bits per heavy atom. The Morgan fingerprint density at radius 1 is 1.04 bits per heavy atom. The molecule has 3 aromatic rings. The number of nitrogens with zero attached hydrogens (tertiary/aromatic N) is 4. The SMILES string of the molecule is CCc1noc(C(C)N2CCN(Cc3cccc4ccccc34)CC2)n1. The van der Waals surface area contributed by atoms with Crippen molar-refractivity contribution in [1.82, 2.24) is 19.9 Å². The fourth-order valence-corrected chi connectivity index (χ4v) is 3.72. The number of fused-ring (bicyclic) bond motifs is 1. The molecule has 0 saturated carbocycles. The van der Waals surface area contributed by atoms with Gasteiger partial charge < -0.3 is 4.52 Å². The Hall–Kier alpha value is -2.24. The fourth-order valence-electron chi connectivity index (χ4n) is 3.72. The highest BCUT2D eigenvalue weighted by Gasteiger charge is 2.25. The van der Waals surface area contributed by atoms with Crippen LogP contribution in [0.4, 0.5) is 0 Å². The van der Waals surface area contributed by atoms with Gasteiger partial charge >= 0.3 is 0 Å². The average molecular weight is 350 g/mol. The molecule has 0 spiro atoms. The van der Waals surface area contributed by atoms with Crippen LogP contribution in [0.5, 0.6) is 0 Å². The Labute approximate surface area is 154 Å². The minimum atomic E-state index is 0.183. The number of hydrogen-bond donors (Lipinski definition) is 0. The molecule has 0 N–H and O–H groups in total. The molecule has 0 aliphatic carbocycles. The van der Waals surface area contributed by atoms with E-state index in [2.05, 4.69) is 69.3 Å². The first-order chi connectivity index (χ1) is 12.7. The summed E-state index contributed by atoms with van der Waals surface area (Å²) in [5.41, 5.74) is 1.41. The smallest absolute Gasteiger partial charge is 0.243 e. The van der Waals surface area contributed by atoms with E-state index in [0.717, 1.165) is 50.9 Å². The molecule has 2 heterocycles. The van der Waals surface area contributed by atoms with Gasteiger partial charge in [-0.05, 0) is 23.3 Å². The topological polar surface area (TPSA) is 45.4 Å². The third kappa shape index (κ3) is 3.50. The van der Waals surface area contributed by atoms with Crippen LogP contribution in [-0.4, -0.2) is 46.1 Å². The van der Waals surface area contributed by atoms with Gasteiger partial charge in [0.25, 0.3) is 0 Å². The summed E-state index contributed by atoms with van der Waals surface area (Å²) in [5, 5.41) is 6.71. The van der Waals surface area contributed by atoms with Crippen LogP contribution in [0.3, 0.4) is 0 Å². The minimum Gasteiger partial charge on any atom is -0.338 e. The molecule has 1 saturated heterocycles. The number of hydrogen-bond acceptors (Lipinski definition) is 5. The summed E-state index contributed by atoms with van der Waals surface area (Å²) in [7, 11) is 0. The van der Waals surface area contributed by atoms with Gasteiger partial charge in [-0.15, -0.1) is 0 Å². The van der Waals surface area contributed by atoms with Crippen molar-refractivity contribution in [1.29, 1.82) is 0 Å². The van der Waals surface area contributed by atoms with Gasteiger partial charge in [-0.25, -0.2) is 0 Å². The molecule has 1 aromatic heterocycles. The highest BCUT2D eigenvalue weighted by atomic mass is 16.5. The molecule has 0 amide bonds. The number of rotatable bonds is 5. The van der Waals surface area contributed by atoms with Crippen LogP contribution in [0.15, 0.2) is 47.0 Å². The summed E-state index contributed by atoms with van der Waals surface area (Å²) in [6.45, 7) is 9.37. The van der Waals surface area contributed by atoms with Gasteiger partial charge in [0, 0.05) is 39.1 Å². The second kappa shape index (κ2) is 7.56. The molecule has 1 fully saturated rings. The second-order valence-electron chi connectivity index (χ2n) is 7.03. The summed E-state index contributed by atoms with van der Waals surface area (Å²) >= 11 is 0. The normalized spacial score (nSPS) is 17.6. The first kappa shape index (κ1) is 17.2. The Bertz CT molecular complexity index is 862. The van der Waals surface area contributed by atoms with Crippen molar-refractivity contribution < 1.29 is 4.52 Å². The third-order valence-corrected chi connectivity index (χ3v) is 5.39. The van der Waals surface area contributed by atoms with Crippen LogP contribution >= 0.6 is 0 Å². The molecule has 0 radical (unpaired) electrons. The highest BCUT2D eigenvalue weighted by molar-refractivity contribution is 5.85. The maximum Gasteiger partial charge on any atom is 0.243 e. The molecule has 0 bridgehead atoms. The standard InChI is InChI=1S/C21H26N4O/c1-3-20-22-21(26-23-20)16(2)25-13-11-24(12-14-25)15-18-9-6-8-17-7-4-5-10-19(17)18/h4-10,16H,3,11-15H2,1-2H3. The Balaban J connectivity index is 1.39. The van der Waals surface area contributed by atoms with Crippen LogP contribution in [0.1, 0.15) is 37.2 Å². The van der Waals surface area contributed by atoms with Crippen molar-refractivity contribution in [2.24, 2.45) is 0 Å². The summed E-state index contributed by atoms with van der Waals surface area (Å²) in [6.07, 6.45) is 0.815. The molecule has 4 rings (SSSR count). The third-order valence-electron chi connectivity index (χ3n) is 5.39. The summed E-state index contributed by atoms with van der Waals surface area (Å²) in [5.74, 6) is 1.53. The van der Waals surface area contributed by atoms with E-state index in [1.807, 2.05) is 6.92 Å². The predicted octanol–water partition coefficient (Wildman–Crippen LogP) is 3.66. The largest absolute Gasteiger partial charge is 0.338 e. The number of piperazine rings is 1. The van der Waals surface area contributed by atoms with Gasteiger partial charge in [0.2, 0.25) is 5.89 Å². The lowest BCUT2D eigenvalue weighted by molar-refractivity contribution is 0.0847. The maximum absolute atomic E-state index is 5.42. The fraction of sp³-hybridized carbons (Fsp3) is 0.429. The van der Waals surface area contributed by atoms with Gasteiger partial charge in [-0.2, -0.15) is 4.98 Å². The van der Waals surface area contributed by atoms with Crippen molar-refractivity contribution in [2.75, 3.05) is 26.2 Å². The van der Waals surface area contributed by atoms with Gasteiger partial charge in [-0.3, -0.25) is 9.80 Å². The summed E-state index contributed by atoms with van der Waals surface area (Å²) < 4.78 is 5.42. The van der Waals surface area contributed by atoms with Crippen molar-refractivity contribution in [3.8, 4) is 0 Å². The minimum absolute atomic E-state index is 0.183.